The molecule has 3 aromatic carbocycles. The van der Waals surface area contributed by atoms with Crippen LogP contribution in [0.5, 0.6) is 23.0 Å². The van der Waals surface area contributed by atoms with Crippen molar-refractivity contribution in [2.24, 2.45) is 0 Å². The van der Waals surface area contributed by atoms with Crippen molar-refractivity contribution in [2.75, 3.05) is 6.61 Å². The molecule has 0 fully saturated rings. The highest BCUT2D eigenvalue weighted by atomic mass is 19.4. The van der Waals surface area contributed by atoms with E-state index in [9.17, 15) is 18.0 Å². The third kappa shape index (κ3) is 4.85. The van der Waals surface area contributed by atoms with Gasteiger partial charge in [-0.2, -0.15) is 13.2 Å². The topological polar surface area (TPSA) is 57.9 Å². The van der Waals surface area contributed by atoms with Gasteiger partial charge in [0, 0.05) is 6.07 Å². The molecule has 4 aromatic rings. The molecule has 0 saturated heterocycles. The van der Waals surface area contributed by atoms with Crippen LogP contribution < -0.4 is 19.6 Å². The van der Waals surface area contributed by atoms with Gasteiger partial charge >= 0.3 is 6.18 Å². The van der Waals surface area contributed by atoms with Crippen LogP contribution in [0.2, 0.25) is 0 Å². The lowest BCUT2D eigenvalue weighted by Gasteiger charge is -2.15. The van der Waals surface area contributed by atoms with Gasteiger partial charge in [0.2, 0.25) is 11.2 Å². The number of alkyl halides is 3. The number of aryl methyl sites for hydroxylation is 1. The van der Waals surface area contributed by atoms with E-state index in [0.717, 1.165) is 11.1 Å². The molecule has 0 N–H and O–H groups in total. The number of ether oxygens (including phenoxy) is 3. The summed E-state index contributed by atoms with van der Waals surface area (Å²) in [5.41, 5.74) is 0.732. The summed E-state index contributed by atoms with van der Waals surface area (Å²) in [6.45, 7) is 4.13. The van der Waals surface area contributed by atoms with Crippen molar-refractivity contribution in [3.63, 3.8) is 0 Å². The van der Waals surface area contributed by atoms with Gasteiger partial charge in [0.1, 0.15) is 17.9 Å². The van der Waals surface area contributed by atoms with E-state index in [4.69, 9.17) is 18.6 Å². The Bertz CT molecular complexity index is 1380. The predicted octanol–water partition coefficient (Wildman–Crippen LogP) is 6.89. The molecule has 0 bridgehead atoms. The zero-order chi connectivity index (χ0) is 24.3. The highest BCUT2D eigenvalue weighted by Crippen LogP contribution is 2.40. The maximum absolute atomic E-state index is 13.8. The van der Waals surface area contributed by atoms with Crippen molar-refractivity contribution in [3.05, 3.63) is 93.8 Å². The van der Waals surface area contributed by atoms with E-state index in [1.54, 1.807) is 19.1 Å². The number of rotatable bonds is 7. The minimum absolute atomic E-state index is 0.0281. The number of hydrogen-bond acceptors (Lipinski definition) is 5. The molecular formula is C26H21F3O5. The van der Waals surface area contributed by atoms with Crippen molar-refractivity contribution in [2.45, 2.75) is 26.6 Å². The van der Waals surface area contributed by atoms with Crippen LogP contribution in [-0.4, -0.2) is 6.61 Å². The van der Waals surface area contributed by atoms with Crippen LogP contribution in [0.15, 0.2) is 75.9 Å². The smallest absolute Gasteiger partial charge is 0.453 e. The van der Waals surface area contributed by atoms with E-state index in [2.05, 4.69) is 0 Å². The molecule has 34 heavy (non-hydrogen) atoms. The van der Waals surface area contributed by atoms with E-state index < -0.39 is 23.1 Å². The van der Waals surface area contributed by atoms with Crippen LogP contribution in [-0.2, 0) is 12.8 Å². The van der Waals surface area contributed by atoms with E-state index in [1.165, 1.54) is 30.3 Å². The van der Waals surface area contributed by atoms with Crippen molar-refractivity contribution in [1.29, 1.82) is 0 Å². The third-order valence-corrected chi connectivity index (χ3v) is 5.10. The maximum Gasteiger partial charge on any atom is 0.453 e. The van der Waals surface area contributed by atoms with Gasteiger partial charge in [-0.05, 0) is 49.2 Å². The molecule has 0 spiro atoms. The summed E-state index contributed by atoms with van der Waals surface area (Å²) < 4.78 is 63.2. The number of para-hydroxylation sites is 2. The fraction of sp³-hybridized carbons (Fsp3) is 0.192. The SMILES string of the molecule is CCOc1ccccc1Oc1c(C(F)(F)F)oc2cc(OCc3ccccc3C)ccc2c1=O. The second-order valence-corrected chi connectivity index (χ2v) is 7.44. The van der Waals surface area contributed by atoms with Crippen LogP contribution in [0, 0.1) is 6.92 Å². The first-order valence-electron chi connectivity index (χ1n) is 10.5. The highest BCUT2D eigenvalue weighted by molar-refractivity contribution is 5.80. The van der Waals surface area contributed by atoms with Gasteiger partial charge in [0.25, 0.3) is 5.76 Å². The fourth-order valence-corrected chi connectivity index (χ4v) is 3.38. The third-order valence-electron chi connectivity index (χ3n) is 5.10. The Morgan fingerprint density at radius 2 is 1.62 bits per heavy atom. The average molecular weight is 470 g/mol. The Hall–Kier alpha value is -3.94. The standard InChI is InChI=1S/C26H21F3O5/c1-3-31-20-10-6-7-11-21(20)33-24-23(30)19-13-12-18(14-22(19)34-25(24)26(27,28)29)32-15-17-9-5-4-8-16(17)2/h4-14H,3,15H2,1-2H3. The molecule has 0 unspecified atom stereocenters. The lowest BCUT2D eigenvalue weighted by atomic mass is 10.1. The monoisotopic (exact) mass is 470 g/mol. The molecule has 176 valence electrons. The Morgan fingerprint density at radius 3 is 2.32 bits per heavy atom. The average Bonchev–Trinajstić information content (AvgIpc) is 2.80. The van der Waals surface area contributed by atoms with Gasteiger partial charge in [-0.15, -0.1) is 0 Å². The first-order valence-corrected chi connectivity index (χ1v) is 10.5. The van der Waals surface area contributed by atoms with E-state index >= 15 is 0 Å². The van der Waals surface area contributed by atoms with Crippen molar-refractivity contribution >= 4 is 11.0 Å². The van der Waals surface area contributed by atoms with Crippen LogP contribution in [0.1, 0.15) is 23.8 Å². The lowest BCUT2D eigenvalue weighted by Crippen LogP contribution is -2.15. The number of halogens is 3. The minimum atomic E-state index is -4.97. The second-order valence-electron chi connectivity index (χ2n) is 7.44. The molecule has 0 amide bonds. The number of hydrogen-bond donors (Lipinski definition) is 0. The Kier molecular flexibility index (Phi) is 6.49. The molecule has 0 saturated carbocycles. The molecule has 1 aromatic heterocycles. The molecule has 0 aliphatic rings. The first kappa shape index (κ1) is 23.2. The van der Waals surface area contributed by atoms with Gasteiger partial charge in [-0.25, -0.2) is 0 Å². The van der Waals surface area contributed by atoms with Crippen LogP contribution in [0.3, 0.4) is 0 Å². The summed E-state index contributed by atoms with van der Waals surface area (Å²) in [5.74, 6) is -2.05. The van der Waals surface area contributed by atoms with Crippen molar-refractivity contribution < 1.29 is 31.8 Å². The minimum Gasteiger partial charge on any atom is -0.490 e. The maximum atomic E-state index is 13.8. The highest BCUT2D eigenvalue weighted by Gasteiger charge is 2.40. The Balaban J connectivity index is 1.74. The number of benzene rings is 3. The zero-order valence-corrected chi connectivity index (χ0v) is 18.4. The lowest BCUT2D eigenvalue weighted by molar-refractivity contribution is -0.154. The molecule has 5 nitrogen and oxygen atoms in total. The summed E-state index contributed by atoms with van der Waals surface area (Å²) in [5, 5.41) is -0.0693. The summed E-state index contributed by atoms with van der Waals surface area (Å²) in [6.07, 6.45) is -4.97. The first-order chi connectivity index (χ1) is 16.3. The quantitative estimate of drug-likeness (QED) is 0.294. The zero-order valence-electron chi connectivity index (χ0n) is 18.4. The van der Waals surface area contributed by atoms with Crippen LogP contribution in [0.25, 0.3) is 11.0 Å². The van der Waals surface area contributed by atoms with Crippen molar-refractivity contribution in [3.8, 4) is 23.0 Å². The van der Waals surface area contributed by atoms with Gasteiger partial charge in [0.15, 0.2) is 11.5 Å². The molecule has 8 heteroatoms. The summed E-state index contributed by atoms with van der Waals surface area (Å²) in [7, 11) is 0. The summed E-state index contributed by atoms with van der Waals surface area (Å²) >= 11 is 0. The molecule has 0 aliphatic carbocycles. The van der Waals surface area contributed by atoms with Crippen LogP contribution in [0.4, 0.5) is 13.2 Å². The molecule has 4 rings (SSSR count). The largest absolute Gasteiger partial charge is 0.490 e. The van der Waals surface area contributed by atoms with Gasteiger partial charge < -0.3 is 18.6 Å². The molecule has 0 radical (unpaired) electrons. The fourth-order valence-electron chi connectivity index (χ4n) is 3.38. The van der Waals surface area contributed by atoms with Gasteiger partial charge in [0.05, 0.1) is 12.0 Å². The summed E-state index contributed by atoms with van der Waals surface area (Å²) in [6, 6.07) is 17.9. The van der Waals surface area contributed by atoms with Crippen LogP contribution >= 0.6 is 0 Å². The van der Waals surface area contributed by atoms with Gasteiger partial charge in [-0.1, -0.05) is 36.4 Å². The van der Waals surface area contributed by atoms with E-state index in [1.807, 2.05) is 31.2 Å². The molecule has 1 heterocycles. The van der Waals surface area contributed by atoms with E-state index in [-0.39, 0.29) is 41.4 Å². The van der Waals surface area contributed by atoms with Crippen molar-refractivity contribution in [1.82, 2.24) is 0 Å². The normalized spacial score (nSPS) is 11.4. The van der Waals surface area contributed by atoms with Gasteiger partial charge in [-0.3, -0.25) is 4.79 Å². The number of fused-ring (bicyclic) bond motifs is 1. The molecule has 0 aliphatic heterocycles. The predicted molar refractivity (Wildman–Crippen MR) is 121 cm³/mol. The molecular weight excluding hydrogens is 449 g/mol. The Morgan fingerprint density at radius 1 is 0.912 bits per heavy atom. The Labute approximate surface area is 193 Å². The molecule has 0 atom stereocenters. The second kappa shape index (κ2) is 9.51. The van der Waals surface area contributed by atoms with E-state index in [0.29, 0.717) is 0 Å². The summed E-state index contributed by atoms with van der Waals surface area (Å²) in [4.78, 5) is 13.0.